The number of nitrogens with one attached hydrogen (secondary N) is 2. The minimum atomic E-state index is -0.0788. The average molecular weight is 467 g/mol. The van der Waals surface area contributed by atoms with Gasteiger partial charge in [-0.15, -0.1) is 0 Å². The summed E-state index contributed by atoms with van der Waals surface area (Å²) in [4.78, 5) is 29.2. The van der Waals surface area contributed by atoms with Gasteiger partial charge in [-0.2, -0.15) is 0 Å². The van der Waals surface area contributed by atoms with Gasteiger partial charge in [0.1, 0.15) is 0 Å². The Morgan fingerprint density at radius 1 is 1.21 bits per heavy atom. The molecule has 1 aliphatic heterocycles. The molecule has 162 valence electrons. The molecule has 1 unspecified atom stereocenters. The van der Waals surface area contributed by atoms with Crippen molar-refractivity contribution in [2.45, 2.75) is 46.1 Å². The number of urea groups is 1. The van der Waals surface area contributed by atoms with Crippen LogP contribution >= 0.6 is 15.9 Å². The summed E-state index contributed by atoms with van der Waals surface area (Å²) in [7, 11) is 0. The first-order chi connectivity index (χ1) is 14.0. The maximum atomic E-state index is 12.6. The maximum absolute atomic E-state index is 12.6. The molecule has 1 aromatic carbocycles. The molecule has 0 radical (unpaired) electrons. The lowest BCUT2D eigenvalue weighted by molar-refractivity contribution is -0.126. The fourth-order valence-corrected chi connectivity index (χ4v) is 4.35. The molecule has 1 aromatic rings. The molecule has 3 amide bonds. The first kappa shape index (κ1) is 23.7. The minimum Gasteiger partial charge on any atom is -0.356 e. The number of amides is 3. The smallest absolute Gasteiger partial charge is 0.317 e. The summed E-state index contributed by atoms with van der Waals surface area (Å²) in [5, 5.41) is 6.14. The molecular formula is C22H35BrN4O2. The topological polar surface area (TPSA) is 64.7 Å². The maximum Gasteiger partial charge on any atom is 0.317 e. The van der Waals surface area contributed by atoms with Crippen molar-refractivity contribution in [1.82, 2.24) is 20.4 Å². The average Bonchev–Trinajstić information content (AvgIpc) is 2.74. The fraction of sp³-hybridized carbons (Fsp3) is 0.636. The minimum absolute atomic E-state index is 0.00759. The van der Waals surface area contributed by atoms with Crippen LogP contribution < -0.4 is 10.6 Å². The van der Waals surface area contributed by atoms with Gasteiger partial charge < -0.3 is 20.4 Å². The van der Waals surface area contributed by atoms with Crippen LogP contribution in [0.5, 0.6) is 0 Å². The summed E-state index contributed by atoms with van der Waals surface area (Å²) in [6.45, 7) is 11.4. The van der Waals surface area contributed by atoms with Crippen LogP contribution in [0.15, 0.2) is 28.7 Å². The van der Waals surface area contributed by atoms with Crippen molar-refractivity contribution in [3.05, 3.63) is 34.3 Å². The lowest BCUT2D eigenvalue weighted by atomic mass is 9.96. The van der Waals surface area contributed by atoms with E-state index in [9.17, 15) is 9.59 Å². The zero-order chi connectivity index (χ0) is 21.2. The second kappa shape index (κ2) is 12.2. The summed E-state index contributed by atoms with van der Waals surface area (Å²) in [6, 6.07) is 7.77. The Morgan fingerprint density at radius 3 is 2.48 bits per heavy atom. The normalized spacial score (nSPS) is 16.0. The van der Waals surface area contributed by atoms with Gasteiger partial charge in [-0.1, -0.05) is 48.0 Å². The van der Waals surface area contributed by atoms with Crippen molar-refractivity contribution in [2.24, 2.45) is 5.92 Å². The highest BCUT2D eigenvalue weighted by molar-refractivity contribution is 9.10. The molecule has 0 bridgehead atoms. The summed E-state index contributed by atoms with van der Waals surface area (Å²) in [6.07, 6.45) is 2.42. The lowest BCUT2D eigenvalue weighted by Crippen LogP contribution is -2.47. The van der Waals surface area contributed by atoms with Crippen molar-refractivity contribution in [2.75, 3.05) is 39.3 Å². The van der Waals surface area contributed by atoms with E-state index in [1.54, 1.807) is 0 Å². The summed E-state index contributed by atoms with van der Waals surface area (Å²) in [5.74, 6) is 0.138. The van der Waals surface area contributed by atoms with Gasteiger partial charge in [0.2, 0.25) is 5.91 Å². The number of rotatable bonds is 9. The number of nitrogens with zero attached hydrogens (tertiary/aromatic N) is 2. The van der Waals surface area contributed by atoms with E-state index in [-0.39, 0.29) is 23.9 Å². The van der Waals surface area contributed by atoms with Crippen molar-refractivity contribution in [3.8, 4) is 0 Å². The number of hydrogen-bond donors (Lipinski definition) is 2. The molecule has 2 N–H and O–H groups in total. The molecule has 0 aromatic heterocycles. The first-order valence-electron chi connectivity index (χ1n) is 10.8. The lowest BCUT2D eigenvalue weighted by Gasteiger charge is -2.32. The Balaban J connectivity index is 1.70. The standard InChI is InChI=1S/C22H35BrN4O2/c1-4-26(5-2)14-8-13-24-21(28)18-11-15-27(16-12-18)22(29)25-17(3)19-9-6-7-10-20(19)23/h6-7,9-10,17-18H,4-5,8,11-16H2,1-3H3,(H,24,28)(H,25,29). The van der Waals surface area contributed by atoms with E-state index in [4.69, 9.17) is 0 Å². The number of carbonyl (C=O) groups is 2. The van der Waals surface area contributed by atoms with Crippen LogP contribution in [0.1, 0.15) is 51.6 Å². The summed E-state index contributed by atoms with van der Waals surface area (Å²) in [5.41, 5.74) is 1.06. The van der Waals surface area contributed by atoms with Gasteiger partial charge in [0.25, 0.3) is 0 Å². The van der Waals surface area contributed by atoms with Crippen LogP contribution in [-0.2, 0) is 4.79 Å². The van der Waals surface area contributed by atoms with Crippen LogP contribution in [0.4, 0.5) is 4.79 Å². The summed E-state index contributed by atoms with van der Waals surface area (Å²) >= 11 is 3.54. The van der Waals surface area contributed by atoms with Gasteiger partial charge in [0, 0.05) is 30.0 Å². The molecule has 0 aliphatic carbocycles. The van der Waals surface area contributed by atoms with Crippen molar-refractivity contribution in [3.63, 3.8) is 0 Å². The predicted molar refractivity (Wildman–Crippen MR) is 121 cm³/mol. The zero-order valence-electron chi connectivity index (χ0n) is 17.9. The van der Waals surface area contributed by atoms with E-state index in [0.29, 0.717) is 13.1 Å². The zero-order valence-corrected chi connectivity index (χ0v) is 19.5. The Labute approximate surface area is 183 Å². The van der Waals surface area contributed by atoms with Crippen LogP contribution in [-0.4, -0.2) is 61.0 Å². The monoisotopic (exact) mass is 466 g/mol. The molecule has 1 aliphatic rings. The van der Waals surface area contributed by atoms with Gasteiger partial charge in [-0.25, -0.2) is 4.79 Å². The molecule has 0 saturated carbocycles. The Kier molecular flexibility index (Phi) is 9.94. The Hall–Kier alpha value is -1.60. The number of likely N-dealkylation sites (tertiary alicyclic amines) is 1. The van der Waals surface area contributed by atoms with Gasteiger partial charge in [0.05, 0.1) is 6.04 Å². The van der Waals surface area contributed by atoms with E-state index in [0.717, 1.165) is 55.5 Å². The molecule has 6 nitrogen and oxygen atoms in total. The second-order valence-electron chi connectivity index (χ2n) is 7.63. The van der Waals surface area contributed by atoms with Crippen LogP contribution in [0, 0.1) is 5.92 Å². The van der Waals surface area contributed by atoms with Crippen molar-refractivity contribution >= 4 is 27.9 Å². The third-order valence-corrected chi connectivity index (χ3v) is 6.43. The molecule has 29 heavy (non-hydrogen) atoms. The van der Waals surface area contributed by atoms with E-state index >= 15 is 0 Å². The molecule has 1 atom stereocenters. The highest BCUT2D eigenvalue weighted by Crippen LogP contribution is 2.23. The van der Waals surface area contributed by atoms with E-state index in [1.807, 2.05) is 36.1 Å². The molecular weight excluding hydrogens is 432 g/mol. The van der Waals surface area contributed by atoms with Crippen molar-refractivity contribution < 1.29 is 9.59 Å². The second-order valence-corrected chi connectivity index (χ2v) is 8.48. The number of piperidine rings is 1. The van der Waals surface area contributed by atoms with Gasteiger partial charge in [0.15, 0.2) is 0 Å². The molecule has 2 rings (SSSR count). The molecule has 1 fully saturated rings. The van der Waals surface area contributed by atoms with E-state index < -0.39 is 0 Å². The number of benzene rings is 1. The Bertz CT molecular complexity index is 658. The van der Waals surface area contributed by atoms with E-state index in [1.165, 1.54) is 0 Å². The highest BCUT2D eigenvalue weighted by atomic mass is 79.9. The molecule has 7 heteroatoms. The SMILES string of the molecule is CCN(CC)CCCNC(=O)C1CCN(C(=O)NC(C)c2ccccc2Br)CC1. The van der Waals surface area contributed by atoms with Crippen molar-refractivity contribution in [1.29, 1.82) is 0 Å². The largest absolute Gasteiger partial charge is 0.356 e. The fourth-order valence-electron chi connectivity index (χ4n) is 3.72. The van der Waals surface area contributed by atoms with E-state index in [2.05, 4.69) is 45.3 Å². The molecule has 0 spiro atoms. The van der Waals surface area contributed by atoms with Gasteiger partial charge >= 0.3 is 6.03 Å². The summed E-state index contributed by atoms with van der Waals surface area (Å²) < 4.78 is 0.990. The van der Waals surface area contributed by atoms with Gasteiger partial charge in [-0.05, 0) is 57.5 Å². The third kappa shape index (κ3) is 7.30. The highest BCUT2D eigenvalue weighted by Gasteiger charge is 2.27. The molecule has 1 saturated heterocycles. The van der Waals surface area contributed by atoms with Gasteiger partial charge in [-0.3, -0.25) is 4.79 Å². The number of hydrogen-bond acceptors (Lipinski definition) is 3. The predicted octanol–water partition coefficient (Wildman–Crippen LogP) is 3.78. The van der Waals surface area contributed by atoms with Crippen LogP contribution in [0.3, 0.4) is 0 Å². The number of halogens is 1. The van der Waals surface area contributed by atoms with Crippen LogP contribution in [0.2, 0.25) is 0 Å². The number of carbonyl (C=O) groups excluding carboxylic acids is 2. The first-order valence-corrected chi connectivity index (χ1v) is 11.5. The quantitative estimate of drug-likeness (QED) is 0.544. The third-order valence-electron chi connectivity index (χ3n) is 5.71. The molecule has 1 heterocycles. The Morgan fingerprint density at radius 2 is 1.86 bits per heavy atom. The van der Waals surface area contributed by atoms with Crippen LogP contribution in [0.25, 0.3) is 0 Å².